The summed E-state index contributed by atoms with van der Waals surface area (Å²) in [7, 11) is 5.83. The van der Waals surface area contributed by atoms with Gasteiger partial charge in [0.05, 0.1) is 32.8 Å². The van der Waals surface area contributed by atoms with Gasteiger partial charge in [-0.25, -0.2) is 9.59 Å². The van der Waals surface area contributed by atoms with Crippen LogP contribution in [0.2, 0.25) is 0 Å². The second-order valence-corrected chi connectivity index (χ2v) is 9.00. The first-order valence-electron chi connectivity index (χ1n) is 13.4. The standard InChI is InChI=1S/C8H16N2O3.C5H11NO.C4H8O.2C3H8N2O.C2H5NO2.2CH4.3ClH/c1-8(2,3)13-7(12)10-5-6(11)9-4;6-4-5-2-1-3-7-5;1-2-4-5-3-1;2*1-5-3(6)2-4;1-5-2(3)4;;;;;/h5H2,1-4H3,(H,9,11)(H,10,12);5H,1-4,6H2;1-4H2;2*2,4H2,1H3,(H,5,6);1H3,(H2,3,4);2*1H4;3*1H. The predicted molar refractivity (Wildman–Crippen MR) is 194 cm³/mol. The number of primary amides is 1. The number of nitrogens with one attached hydrogen (secondary N) is 4. The summed E-state index contributed by atoms with van der Waals surface area (Å²) < 4.78 is 18.9. The van der Waals surface area contributed by atoms with Gasteiger partial charge in [0.25, 0.3) is 0 Å². The first kappa shape index (κ1) is 66.9. The van der Waals surface area contributed by atoms with E-state index in [9.17, 15) is 24.0 Å². The van der Waals surface area contributed by atoms with Crippen LogP contribution in [0.3, 0.4) is 0 Å². The number of rotatable bonds is 5. The Morgan fingerprint density at radius 2 is 1.17 bits per heavy atom. The Balaban J connectivity index is -0.0000000535. The van der Waals surface area contributed by atoms with Crippen LogP contribution in [0, 0.1) is 0 Å². The molecule has 1 atom stereocenters. The number of hydrogen-bond donors (Lipinski definition) is 8. The predicted octanol–water partition coefficient (Wildman–Crippen LogP) is 0.809. The molecular weight excluding hydrogens is 687 g/mol. The van der Waals surface area contributed by atoms with E-state index in [4.69, 9.17) is 31.4 Å². The summed E-state index contributed by atoms with van der Waals surface area (Å²) in [5.74, 6) is -0.518. The Kier molecular flexibility index (Phi) is 68.4. The fourth-order valence-corrected chi connectivity index (χ4v) is 2.10. The topological polar surface area (TPSA) is 274 Å². The summed E-state index contributed by atoms with van der Waals surface area (Å²) >= 11 is 0. The molecule has 20 heteroatoms. The lowest BCUT2D eigenvalue weighted by Gasteiger charge is -2.19. The Hall–Kier alpha value is -2.38. The van der Waals surface area contributed by atoms with Crippen LogP contribution in [0.15, 0.2) is 0 Å². The van der Waals surface area contributed by atoms with Gasteiger partial charge in [-0.1, -0.05) is 14.9 Å². The van der Waals surface area contributed by atoms with Crippen LogP contribution in [-0.4, -0.2) is 116 Å². The van der Waals surface area contributed by atoms with Gasteiger partial charge in [-0.05, 0) is 46.5 Å². The molecule has 2 rings (SSSR count). The van der Waals surface area contributed by atoms with Gasteiger partial charge < -0.3 is 63.1 Å². The summed E-state index contributed by atoms with van der Waals surface area (Å²) in [5, 5.41) is 9.39. The zero-order valence-electron chi connectivity index (χ0n) is 27.6. The molecule has 290 valence electrons. The van der Waals surface area contributed by atoms with Crippen molar-refractivity contribution in [3.8, 4) is 0 Å². The molecule has 0 saturated carbocycles. The highest BCUT2D eigenvalue weighted by molar-refractivity contribution is 5.86. The molecule has 0 spiro atoms. The van der Waals surface area contributed by atoms with Crippen LogP contribution >= 0.6 is 37.2 Å². The number of likely N-dealkylation sites (N-methyl/N-ethyl adjacent to an activating group) is 3. The molecule has 2 saturated heterocycles. The van der Waals surface area contributed by atoms with Crippen molar-refractivity contribution in [2.24, 2.45) is 22.9 Å². The number of amides is 5. The molecule has 0 aromatic carbocycles. The van der Waals surface area contributed by atoms with Crippen LogP contribution in [0.5, 0.6) is 0 Å². The average Bonchev–Trinajstić information content (AvgIpc) is 3.73. The number of carbonyl (C=O) groups is 5. The zero-order valence-corrected chi connectivity index (χ0v) is 30.0. The lowest BCUT2D eigenvalue weighted by molar-refractivity contribution is -0.120. The molecule has 5 amide bonds. The van der Waals surface area contributed by atoms with Crippen molar-refractivity contribution in [3.63, 3.8) is 0 Å². The van der Waals surface area contributed by atoms with Crippen LogP contribution in [0.4, 0.5) is 9.59 Å². The third kappa shape index (κ3) is 66.8. The minimum Gasteiger partial charge on any atom is -0.453 e. The molecule has 2 aliphatic heterocycles. The van der Waals surface area contributed by atoms with E-state index in [1.165, 1.54) is 33.4 Å². The number of halogens is 3. The van der Waals surface area contributed by atoms with E-state index in [1.807, 2.05) is 0 Å². The van der Waals surface area contributed by atoms with Crippen LogP contribution in [0.1, 0.15) is 61.3 Å². The van der Waals surface area contributed by atoms with Crippen molar-refractivity contribution in [2.75, 3.05) is 74.3 Å². The normalized spacial score (nSPS) is 12.8. The molecule has 0 aliphatic carbocycles. The van der Waals surface area contributed by atoms with Gasteiger partial charge in [-0.2, -0.15) is 0 Å². The SMILES string of the molecule is C.C.C1CCOC1.CNC(=O)CN.CNC(=O)CN.CNC(=O)CNC(=O)OC(C)(C)C.COC(N)=O.Cl.Cl.Cl.NCC1CCCO1. The van der Waals surface area contributed by atoms with E-state index in [-0.39, 0.29) is 89.4 Å². The molecule has 0 aromatic heterocycles. The molecule has 2 aliphatic rings. The lowest BCUT2D eigenvalue weighted by atomic mass is 10.2. The van der Waals surface area contributed by atoms with Crippen molar-refractivity contribution >= 4 is 67.1 Å². The van der Waals surface area contributed by atoms with Gasteiger partial charge in [0, 0.05) is 47.5 Å². The number of methoxy groups -OCH3 is 1. The Labute approximate surface area is 301 Å². The van der Waals surface area contributed by atoms with E-state index in [2.05, 4.69) is 31.7 Å². The maximum Gasteiger partial charge on any atom is 0.408 e. The molecule has 0 radical (unpaired) electrons. The third-order valence-electron chi connectivity index (χ3n) is 4.31. The molecule has 17 nitrogen and oxygen atoms in total. The van der Waals surface area contributed by atoms with Gasteiger partial charge in [0.15, 0.2) is 0 Å². The molecule has 2 heterocycles. The van der Waals surface area contributed by atoms with Gasteiger partial charge in [-0.15, -0.1) is 37.2 Å². The number of nitrogens with two attached hydrogens (primary N) is 4. The van der Waals surface area contributed by atoms with E-state index in [1.54, 1.807) is 34.9 Å². The Morgan fingerprint density at radius 3 is 1.34 bits per heavy atom. The molecular formula is C27H67Cl3N8O9. The van der Waals surface area contributed by atoms with E-state index >= 15 is 0 Å². The summed E-state index contributed by atoms with van der Waals surface area (Å²) in [6, 6.07) is 0. The van der Waals surface area contributed by atoms with E-state index < -0.39 is 17.8 Å². The van der Waals surface area contributed by atoms with Crippen molar-refractivity contribution in [3.05, 3.63) is 0 Å². The summed E-state index contributed by atoms with van der Waals surface area (Å²) in [6.45, 7) is 8.98. The van der Waals surface area contributed by atoms with Crippen LogP contribution in [-0.2, 0) is 33.3 Å². The number of carbonyl (C=O) groups excluding carboxylic acids is 5. The molecule has 12 N–H and O–H groups in total. The monoisotopic (exact) mass is 752 g/mol. The quantitative estimate of drug-likeness (QED) is 0.194. The number of hydrogen-bond acceptors (Lipinski definition) is 12. The summed E-state index contributed by atoms with van der Waals surface area (Å²) in [6.07, 6.45) is 3.96. The van der Waals surface area contributed by atoms with Gasteiger partial charge in [-0.3, -0.25) is 14.4 Å². The van der Waals surface area contributed by atoms with E-state index in [0.717, 1.165) is 26.2 Å². The van der Waals surface area contributed by atoms with Crippen LogP contribution in [0.25, 0.3) is 0 Å². The highest BCUT2D eigenvalue weighted by atomic mass is 35.5. The van der Waals surface area contributed by atoms with Crippen LogP contribution < -0.4 is 44.2 Å². The molecule has 0 aromatic rings. The lowest BCUT2D eigenvalue weighted by Crippen LogP contribution is -2.38. The second kappa shape index (κ2) is 48.0. The Bertz CT molecular complexity index is 680. The zero-order chi connectivity index (χ0) is 33.4. The second-order valence-electron chi connectivity index (χ2n) is 9.00. The minimum absolute atomic E-state index is 0. The molecule has 2 fully saturated rings. The molecule has 1 unspecified atom stereocenters. The molecule has 47 heavy (non-hydrogen) atoms. The highest BCUT2D eigenvalue weighted by Gasteiger charge is 2.16. The highest BCUT2D eigenvalue weighted by Crippen LogP contribution is 2.09. The number of alkyl carbamates (subject to hydrolysis) is 1. The fourth-order valence-electron chi connectivity index (χ4n) is 2.10. The van der Waals surface area contributed by atoms with Crippen molar-refractivity contribution in [1.82, 2.24) is 21.3 Å². The average molecular weight is 754 g/mol. The third-order valence-corrected chi connectivity index (χ3v) is 4.31. The van der Waals surface area contributed by atoms with Gasteiger partial charge >= 0.3 is 12.2 Å². The smallest absolute Gasteiger partial charge is 0.408 e. The maximum atomic E-state index is 11.0. The molecule has 0 bridgehead atoms. The van der Waals surface area contributed by atoms with E-state index in [0.29, 0.717) is 12.6 Å². The van der Waals surface area contributed by atoms with Crippen molar-refractivity contribution < 1.29 is 42.9 Å². The first-order valence-corrected chi connectivity index (χ1v) is 13.4. The maximum absolute atomic E-state index is 11.0. The first-order chi connectivity index (χ1) is 19.7. The summed E-state index contributed by atoms with van der Waals surface area (Å²) in [5.41, 5.74) is 18.9. The minimum atomic E-state index is -0.745. The largest absolute Gasteiger partial charge is 0.453 e. The fraction of sp³-hybridized carbons (Fsp3) is 0.815. The van der Waals surface area contributed by atoms with Crippen molar-refractivity contribution in [2.45, 2.75) is 73.0 Å². The number of ether oxygens (including phenoxy) is 4. The van der Waals surface area contributed by atoms with Crippen molar-refractivity contribution in [1.29, 1.82) is 0 Å². The Morgan fingerprint density at radius 1 is 0.766 bits per heavy atom. The summed E-state index contributed by atoms with van der Waals surface area (Å²) in [4.78, 5) is 50.9. The van der Waals surface area contributed by atoms with Gasteiger partial charge in [0.1, 0.15) is 5.60 Å². The van der Waals surface area contributed by atoms with Gasteiger partial charge in [0.2, 0.25) is 17.7 Å².